The fourth-order valence-corrected chi connectivity index (χ4v) is 2.37. The lowest BCUT2D eigenvalue weighted by Gasteiger charge is -2.27. The standard InChI is InChI=1S/C16H25N3O/c1-12(2)19(3)11-10-17-16(20)15-9-8-13-6-4-5-7-14(13)18-15/h4-7,12,15,18H,8-11H2,1-3H3,(H,17,20). The second kappa shape index (κ2) is 6.75. The Morgan fingerprint density at radius 1 is 1.45 bits per heavy atom. The van der Waals surface area contributed by atoms with Crippen molar-refractivity contribution in [3.8, 4) is 0 Å². The van der Waals surface area contributed by atoms with Crippen molar-refractivity contribution in [2.45, 2.75) is 38.8 Å². The van der Waals surface area contributed by atoms with Crippen LogP contribution in [0.25, 0.3) is 0 Å². The summed E-state index contributed by atoms with van der Waals surface area (Å²) in [6.45, 7) is 5.89. The summed E-state index contributed by atoms with van der Waals surface area (Å²) in [6.07, 6.45) is 1.83. The summed E-state index contributed by atoms with van der Waals surface area (Å²) in [7, 11) is 2.08. The molecule has 20 heavy (non-hydrogen) atoms. The van der Waals surface area contributed by atoms with Crippen LogP contribution in [-0.4, -0.2) is 43.0 Å². The van der Waals surface area contributed by atoms with Gasteiger partial charge in [0, 0.05) is 24.8 Å². The molecule has 4 nitrogen and oxygen atoms in total. The van der Waals surface area contributed by atoms with Gasteiger partial charge >= 0.3 is 0 Å². The normalized spacial score (nSPS) is 17.8. The van der Waals surface area contributed by atoms with Gasteiger partial charge in [0.2, 0.25) is 5.91 Å². The van der Waals surface area contributed by atoms with Crippen LogP contribution in [0.5, 0.6) is 0 Å². The van der Waals surface area contributed by atoms with Crippen molar-refractivity contribution in [1.82, 2.24) is 10.2 Å². The number of likely N-dealkylation sites (N-methyl/N-ethyl adjacent to an activating group) is 1. The summed E-state index contributed by atoms with van der Waals surface area (Å²) >= 11 is 0. The molecule has 0 saturated heterocycles. The molecule has 1 aromatic rings. The molecule has 1 aromatic carbocycles. The Labute approximate surface area is 121 Å². The monoisotopic (exact) mass is 275 g/mol. The van der Waals surface area contributed by atoms with E-state index in [-0.39, 0.29) is 11.9 Å². The van der Waals surface area contributed by atoms with Crippen molar-refractivity contribution in [2.24, 2.45) is 0 Å². The summed E-state index contributed by atoms with van der Waals surface area (Å²) < 4.78 is 0. The molecular weight excluding hydrogens is 250 g/mol. The summed E-state index contributed by atoms with van der Waals surface area (Å²) in [5, 5.41) is 6.36. The molecule has 1 aliphatic rings. The highest BCUT2D eigenvalue weighted by atomic mass is 16.2. The fraction of sp³-hybridized carbons (Fsp3) is 0.562. The van der Waals surface area contributed by atoms with Crippen LogP contribution in [0, 0.1) is 0 Å². The van der Waals surface area contributed by atoms with E-state index in [1.165, 1.54) is 5.56 Å². The maximum atomic E-state index is 12.2. The molecule has 1 unspecified atom stereocenters. The Balaban J connectivity index is 1.80. The SMILES string of the molecule is CC(C)N(C)CCNC(=O)C1CCc2ccccc2N1. The predicted molar refractivity (Wildman–Crippen MR) is 82.9 cm³/mol. The molecule has 0 bridgehead atoms. The van der Waals surface area contributed by atoms with Crippen LogP contribution in [0.3, 0.4) is 0 Å². The molecule has 1 aliphatic heterocycles. The minimum Gasteiger partial charge on any atom is -0.373 e. The molecule has 1 heterocycles. The van der Waals surface area contributed by atoms with Crippen LogP contribution in [-0.2, 0) is 11.2 Å². The quantitative estimate of drug-likeness (QED) is 0.862. The number of nitrogens with one attached hydrogen (secondary N) is 2. The third-order valence-electron chi connectivity index (χ3n) is 4.01. The van der Waals surface area contributed by atoms with E-state index < -0.39 is 0 Å². The molecule has 0 spiro atoms. The molecule has 0 aromatic heterocycles. The minimum atomic E-state index is -0.103. The Hall–Kier alpha value is -1.55. The van der Waals surface area contributed by atoms with Gasteiger partial charge in [0.1, 0.15) is 6.04 Å². The lowest BCUT2D eigenvalue weighted by molar-refractivity contribution is -0.122. The highest BCUT2D eigenvalue weighted by molar-refractivity contribution is 5.85. The Morgan fingerprint density at radius 2 is 2.20 bits per heavy atom. The zero-order chi connectivity index (χ0) is 14.5. The van der Waals surface area contributed by atoms with Gasteiger partial charge in [0.15, 0.2) is 0 Å². The number of rotatable bonds is 5. The van der Waals surface area contributed by atoms with E-state index in [9.17, 15) is 4.79 Å². The number of hydrogen-bond donors (Lipinski definition) is 2. The number of benzene rings is 1. The third kappa shape index (κ3) is 3.73. The smallest absolute Gasteiger partial charge is 0.242 e. The van der Waals surface area contributed by atoms with E-state index in [0.29, 0.717) is 12.6 Å². The summed E-state index contributed by atoms with van der Waals surface area (Å²) in [6, 6.07) is 8.61. The molecule has 2 rings (SSSR count). The van der Waals surface area contributed by atoms with Gasteiger partial charge in [-0.25, -0.2) is 0 Å². The van der Waals surface area contributed by atoms with Crippen LogP contribution >= 0.6 is 0 Å². The van der Waals surface area contributed by atoms with Gasteiger partial charge in [0.05, 0.1) is 0 Å². The molecule has 110 valence electrons. The number of nitrogens with zero attached hydrogens (tertiary/aromatic N) is 1. The average Bonchev–Trinajstić information content (AvgIpc) is 2.46. The molecule has 0 fully saturated rings. The largest absolute Gasteiger partial charge is 0.373 e. The topological polar surface area (TPSA) is 44.4 Å². The molecular formula is C16H25N3O. The van der Waals surface area contributed by atoms with Crippen molar-refractivity contribution >= 4 is 11.6 Å². The first-order chi connectivity index (χ1) is 9.58. The van der Waals surface area contributed by atoms with E-state index in [4.69, 9.17) is 0 Å². The van der Waals surface area contributed by atoms with E-state index in [1.54, 1.807) is 0 Å². The van der Waals surface area contributed by atoms with Crippen molar-refractivity contribution in [2.75, 3.05) is 25.5 Å². The number of aryl methyl sites for hydroxylation is 1. The van der Waals surface area contributed by atoms with Crippen LogP contribution in [0.1, 0.15) is 25.8 Å². The van der Waals surface area contributed by atoms with Gasteiger partial charge in [-0.3, -0.25) is 4.79 Å². The molecule has 0 radical (unpaired) electrons. The van der Waals surface area contributed by atoms with Gasteiger partial charge in [-0.15, -0.1) is 0 Å². The molecule has 1 amide bonds. The summed E-state index contributed by atoms with van der Waals surface area (Å²) in [5.41, 5.74) is 2.40. The van der Waals surface area contributed by atoms with Gasteiger partial charge in [-0.1, -0.05) is 18.2 Å². The number of amides is 1. The van der Waals surface area contributed by atoms with Crippen molar-refractivity contribution < 1.29 is 4.79 Å². The van der Waals surface area contributed by atoms with Crippen molar-refractivity contribution in [1.29, 1.82) is 0 Å². The van der Waals surface area contributed by atoms with E-state index in [1.807, 2.05) is 18.2 Å². The summed E-state index contributed by atoms with van der Waals surface area (Å²) in [4.78, 5) is 14.4. The van der Waals surface area contributed by atoms with E-state index in [2.05, 4.69) is 42.5 Å². The third-order valence-corrected chi connectivity index (χ3v) is 4.01. The van der Waals surface area contributed by atoms with E-state index >= 15 is 0 Å². The maximum Gasteiger partial charge on any atom is 0.242 e. The van der Waals surface area contributed by atoms with Crippen LogP contribution in [0.15, 0.2) is 24.3 Å². The Morgan fingerprint density at radius 3 is 2.95 bits per heavy atom. The molecule has 4 heteroatoms. The van der Waals surface area contributed by atoms with Crippen molar-refractivity contribution in [3.05, 3.63) is 29.8 Å². The summed E-state index contributed by atoms with van der Waals surface area (Å²) in [5.74, 6) is 0.108. The minimum absolute atomic E-state index is 0.103. The Kier molecular flexibility index (Phi) is 5.01. The van der Waals surface area contributed by atoms with Gasteiger partial charge in [-0.2, -0.15) is 0 Å². The molecule has 1 atom stereocenters. The highest BCUT2D eigenvalue weighted by Gasteiger charge is 2.23. The molecule has 2 N–H and O–H groups in total. The van der Waals surface area contributed by atoms with Crippen LogP contribution < -0.4 is 10.6 Å². The zero-order valence-electron chi connectivity index (χ0n) is 12.6. The lowest BCUT2D eigenvalue weighted by atomic mass is 9.98. The van der Waals surface area contributed by atoms with Crippen LogP contribution in [0.2, 0.25) is 0 Å². The lowest BCUT2D eigenvalue weighted by Crippen LogP contribution is -2.44. The van der Waals surface area contributed by atoms with Crippen LogP contribution in [0.4, 0.5) is 5.69 Å². The number of anilines is 1. The fourth-order valence-electron chi connectivity index (χ4n) is 2.37. The number of fused-ring (bicyclic) bond motifs is 1. The second-order valence-corrected chi connectivity index (χ2v) is 5.76. The molecule has 0 aliphatic carbocycles. The Bertz CT molecular complexity index is 459. The van der Waals surface area contributed by atoms with Gasteiger partial charge in [-0.05, 0) is 45.4 Å². The average molecular weight is 275 g/mol. The maximum absolute atomic E-state index is 12.2. The number of hydrogen-bond acceptors (Lipinski definition) is 3. The first-order valence-electron chi connectivity index (χ1n) is 7.40. The second-order valence-electron chi connectivity index (χ2n) is 5.76. The zero-order valence-corrected chi connectivity index (χ0v) is 12.6. The van der Waals surface area contributed by atoms with E-state index in [0.717, 1.165) is 25.1 Å². The predicted octanol–water partition coefficient (Wildman–Crippen LogP) is 1.87. The number of para-hydroxylation sites is 1. The first kappa shape index (κ1) is 14.9. The first-order valence-corrected chi connectivity index (χ1v) is 7.40. The van der Waals surface area contributed by atoms with Gasteiger partial charge < -0.3 is 15.5 Å². The van der Waals surface area contributed by atoms with Crippen molar-refractivity contribution in [3.63, 3.8) is 0 Å². The highest BCUT2D eigenvalue weighted by Crippen LogP contribution is 2.24. The van der Waals surface area contributed by atoms with Gasteiger partial charge in [0.25, 0.3) is 0 Å². The number of carbonyl (C=O) groups excluding carboxylic acids is 1. The number of carbonyl (C=O) groups is 1. The molecule has 0 saturated carbocycles.